The fourth-order valence-electron chi connectivity index (χ4n) is 0. The minimum absolute atomic E-state index is 0. The molecule has 0 amide bonds. The maximum absolute atomic E-state index is 9.16. The van der Waals surface area contributed by atoms with Crippen molar-refractivity contribution in [2.45, 2.75) is 26.3 Å². The number of hydrogen-bond acceptors (Lipinski definition) is 3. The third kappa shape index (κ3) is 1980. The van der Waals surface area contributed by atoms with Crippen LogP contribution in [0.3, 0.4) is 0 Å². The van der Waals surface area contributed by atoms with E-state index in [1.807, 2.05) is 20.8 Å². The van der Waals surface area contributed by atoms with Gasteiger partial charge in [-0.3, -0.25) is 0 Å². The van der Waals surface area contributed by atoms with Crippen molar-refractivity contribution in [3.05, 3.63) is 0 Å². The molecule has 0 saturated heterocycles. The molecule has 0 aromatic heterocycles. The van der Waals surface area contributed by atoms with Crippen LogP contribution in [0.5, 0.6) is 0 Å². The van der Waals surface area contributed by atoms with Crippen molar-refractivity contribution in [2.24, 2.45) is 5.73 Å². The molecule has 0 aromatic rings. The molecule has 0 aliphatic heterocycles. The van der Waals surface area contributed by atoms with Gasteiger partial charge in [0.15, 0.2) is 0 Å². The van der Waals surface area contributed by atoms with Crippen molar-refractivity contribution in [3.8, 4) is 0 Å². The minimum atomic E-state index is -3.72. The lowest BCUT2D eigenvalue weighted by Gasteiger charge is -2.06. The first-order valence-corrected chi connectivity index (χ1v) is 5.57. The Balaban J connectivity index is 0. The lowest BCUT2D eigenvalue weighted by Crippen LogP contribution is -2.26. The lowest BCUT2D eigenvalue weighted by molar-refractivity contribution is 0.580. The van der Waals surface area contributed by atoms with Crippen LogP contribution in [0.2, 0.25) is 0 Å². The van der Waals surface area contributed by atoms with Gasteiger partial charge in [0.05, 0.1) is 0 Å². The maximum Gasteiger partial charge on any atom is 0.317 e. The molecule has 0 unspecified atom stereocenters. The quantitative estimate of drug-likeness (QED) is 0.613. The van der Waals surface area contributed by atoms with E-state index in [1.165, 1.54) is 0 Å². The van der Waals surface area contributed by atoms with Crippen molar-refractivity contribution in [3.63, 3.8) is 0 Å². The van der Waals surface area contributed by atoms with Gasteiger partial charge in [-0.05, 0) is 20.8 Å². The predicted molar refractivity (Wildman–Crippen MR) is 44.6 cm³/mol. The molecule has 0 spiro atoms. The second kappa shape index (κ2) is 4.38. The molecule has 10 heavy (non-hydrogen) atoms. The van der Waals surface area contributed by atoms with E-state index in [9.17, 15) is 0 Å². The molecule has 0 aromatic carbocycles. The van der Waals surface area contributed by atoms with Crippen LogP contribution in [-0.4, -0.2) is 14.0 Å². The molecule has 0 heterocycles. The van der Waals surface area contributed by atoms with E-state index in [1.54, 1.807) is 0 Å². The average molecular weight is 208 g/mol. The molecule has 2 N–H and O–H groups in total. The van der Waals surface area contributed by atoms with Gasteiger partial charge in [0, 0.05) is 26.9 Å². The molecule has 3 nitrogen and oxygen atoms in total. The van der Waals surface area contributed by atoms with Gasteiger partial charge in [-0.2, -0.15) is 8.42 Å². The summed E-state index contributed by atoms with van der Waals surface area (Å²) in [4.78, 5) is 0. The normalized spacial score (nSPS) is 11.8. The molecule has 0 bridgehead atoms. The standard InChI is InChI=1S/C4H11N.Cl2O2S/c1-4(2,3)5;1-5(2,3)4/h5H2,1-3H3;. The summed E-state index contributed by atoms with van der Waals surface area (Å²) in [5.41, 5.74) is 5.35. The van der Waals surface area contributed by atoms with E-state index in [0.717, 1.165) is 0 Å². The van der Waals surface area contributed by atoms with Crippen molar-refractivity contribution in [1.82, 2.24) is 0 Å². The summed E-state index contributed by atoms with van der Waals surface area (Å²) in [5, 5.41) is 0. The first kappa shape index (κ1) is 13.1. The highest BCUT2D eigenvalue weighted by Crippen LogP contribution is 1.98. The Morgan fingerprint density at radius 3 is 1.20 bits per heavy atom. The molecule has 0 aliphatic rings. The molecular weight excluding hydrogens is 197 g/mol. The molecule has 6 heteroatoms. The van der Waals surface area contributed by atoms with Gasteiger partial charge in [0.2, 0.25) is 0 Å². The summed E-state index contributed by atoms with van der Waals surface area (Å²) in [7, 11) is 4.81. The maximum atomic E-state index is 9.16. The second-order valence-electron chi connectivity index (χ2n) is 2.74. The van der Waals surface area contributed by atoms with Gasteiger partial charge in [-0.1, -0.05) is 0 Å². The summed E-state index contributed by atoms with van der Waals surface area (Å²) in [6.45, 7) is 5.90. The summed E-state index contributed by atoms with van der Waals surface area (Å²) in [6, 6.07) is 0. The first-order chi connectivity index (χ1) is 4.00. The van der Waals surface area contributed by atoms with E-state index in [-0.39, 0.29) is 5.54 Å². The highest BCUT2D eigenvalue weighted by molar-refractivity contribution is 8.31. The monoisotopic (exact) mass is 207 g/mol. The van der Waals surface area contributed by atoms with Crippen molar-refractivity contribution in [2.75, 3.05) is 0 Å². The van der Waals surface area contributed by atoms with Gasteiger partial charge in [-0.15, -0.1) is 0 Å². The zero-order valence-electron chi connectivity index (χ0n) is 6.06. The first-order valence-electron chi connectivity index (χ1n) is 2.43. The summed E-state index contributed by atoms with van der Waals surface area (Å²) in [6.07, 6.45) is 0. The van der Waals surface area contributed by atoms with Crippen LogP contribution in [0, 0.1) is 0 Å². The smallest absolute Gasteiger partial charge is 0.317 e. The highest BCUT2D eigenvalue weighted by Gasteiger charge is 1.95. The van der Waals surface area contributed by atoms with Crippen LogP contribution >= 0.6 is 21.4 Å². The topological polar surface area (TPSA) is 60.2 Å². The SMILES string of the molecule is CC(C)(C)N.O=S(=O)(Cl)Cl. The predicted octanol–water partition coefficient (Wildman–Crippen LogP) is 1.45. The molecule has 0 fully saturated rings. The molecule has 0 radical (unpaired) electrons. The largest absolute Gasteiger partial charge is 0.326 e. The van der Waals surface area contributed by atoms with Crippen LogP contribution in [-0.2, 0) is 8.26 Å². The third-order valence-corrected chi connectivity index (χ3v) is 0. The molecule has 64 valence electrons. The Bertz CT molecular complexity index is 156. The number of halogens is 2. The highest BCUT2D eigenvalue weighted by atomic mass is 36.0. The van der Waals surface area contributed by atoms with E-state index in [2.05, 4.69) is 21.4 Å². The Labute approximate surface area is 70.4 Å². The Morgan fingerprint density at radius 2 is 1.20 bits per heavy atom. The molecular formula is C4H11Cl2NO2S. The van der Waals surface area contributed by atoms with Gasteiger partial charge in [0.25, 0.3) is 0 Å². The van der Waals surface area contributed by atoms with Gasteiger partial charge in [0.1, 0.15) is 0 Å². The number of rotatable bonds is 0. The molecule has 0 rings (SSSR count). The fraction of sp³-hybridized carbons (Fsp3) is 1.00. The fourth-order valence-corrected chi connectivity index (χ4v) is 0. The van der Waals surface area contributed by atoms with Crippen molar-refractivity contribution < 1.29 is 8.42 Å². The molecule has 0 saturated carbocycles. The van der Waals surface area contributed by atoms with Crippen LogP contribution in [0.4, 0.5) is 0 Å². The van der Waals surface area contributed by atoms with Gasteiger partial charge >= 0.3 is 8.26 Å². The van der Waals surface area contributed by atoms with E-state index >= 15 is 0 Å². The van der Waals surface area contributed by atoms with E-state index in [0.29, 0.717) is 0 Å². The Kier molecular flexibility index (Phi) is 5.75. The number of hydrogen-bond donors (Lipinski definition) is 1. The molecule has 0 aliphatic carbocycles. The van der Waals surface area contributed by atoms with Crippen molar-refractivity contribution in [1.29, 1.82) is 0 Å². The van der Waals surface area contributed by atoms with Gasteiger partial charge < -0.3 is 5.73 Å². The average Bonchev–Trinajstić information content (AvgIpc) is 1.12. The summed E-state index contributed by atoms with van der Waals surface area (Å²) in [5.74, 6) is 0. The Hall–Kier alpha value is 0.490. The summed E-state index contributed by atoms with van der Waals surface area (Å²) >= 11 is 0. The second-order valence-corrected chi connectivity index (χ2v) is 6.41. The van der Waals surface area contributed by atoms with E-state index in [4.69, 9.17) is 14.2 Å². The number of nitrogens with two attached hydrogens (primary N) is 1. The zero-order chi connectivity index (χ0) is 9.00. The van der Waals surface area contributed by atoms with Crippen LogP contribution < -0.4 is 5.73 Å². The third-order valence-electron chi connectivity index (χ3n) is 0. The Morgan fingerprint density at radius 1 is 1.20 bits per heavy atom. The zero-order valence-corrected chi connectivity index (χ0v) is 8.39. The van der Waals surface area contributed by atoms with Crippen LogP contribution in [0.25, 0.3) is 0 Å². The van der Waals surface area contributed by atoms with Gasteiger partial charge in [-0.25, -0.2) is 0 Å². The van der Waals surface area contributed by atoms with Crippen LogP contribution in [0.15, 0.2) is 0 Å². The summed E-state index contributed by atoms with van der Waals surface area (Å²) < 4.78 is 18.3. The minimum Gasteiger partial charge on any atom is -0.326 e. The van der Waals surface area contributed by atoms with E-state index < -0.39 is 8.26 Å². The lowest BCUT2D eigenvalue weighted by atomic mass is 10.1. The molecule has 0 atom stereocenters. The van der Waals surface area contributed by atoms with Crippen molar-refractivity contribution >= 4 is 29.6 Å². The van der Waals surface area contributed by atoms with Crippen LogP contribution in [0.1, 0.15) is 20.8 Å².